The highest BCUT2D eigenvalue weighted by molar-refractivity contribution is 5.93. The standard InChI is InChI=1S/C18H28N2O2/c1-12(2)22-16-9-8-14(11-13(16)3)20-17(21)15-7-5-6-10-18(15,4)19/h8-9,11-12,15H,5-7,10,19H2,1-4H3,(H,20,21). The monoisotopic (exact) mass is 304 g/mol. The summed E-state index contributed by atoms with van der Waals surface area (Å²) in [5.74, 6) is 0.768. The van der Waals surface area contributed by atoms with Gasteiger partial charge in [0.05, 0.1) is 12.0 Å². The molecule has 2 rings (SSSR count). The van der Waals surface area contributed by atoms with Crippen LogP contribution < -0.4 is 15.8 Å². The van der Waals surface area contributed by atoms with Crippen molar-refractivity contribution in [1.29, 1.82) is 0 Å². The molecule has 0 aliphatic heterocycles. The van der Waals surface area contributed by atoms with Crippen LogP contribution in [-0.4, -0.2) is 17.6 Å². The molecule has 1 saturated carbocycles. The van der Waals surface area contributed by atoms with Crippen LogP contribution in [0, 0.1) is 12.8 Å². The van der Waals surface area contributed by atoms with Gasteiger partial charge in [0, 0.05) is 11.2 Å². The first-order valence-corrected chi connectivity index (χ1v) is 8.16. The van der Waals surface area contributed by atoms with Crippen LogP contribution in [-0.2, 0) is 4.79 Å². The molecule has 0 radical (unpaired) electrons. The first kappa shape index (κ1) is 16.8. The van der Waals surface area contributed by atoms with E-state index in [9.17, 15) is 4.79 Å². The Kier molecular flexibility index (Phi) is 5.12. The molecule has 2 atom stereocenters. The lowest BCUT2D eigenvalue weighted by molar-refractivity contribution is -0.122. The Morgan fingerprint density at radius 2 is 2.14 bits per heavy atom. The average molecular weight is 304 g/mol. The van der Waals surface area contributed by atoms with E-state index < -0.39 is 5.54 Å². The Balaban J connectivity index is 2.07. The fourth-order valence-electron chi connectivity index (χ4n) is 3.13. The summed E-state index contributed by atoms with van der Waals surface area (Å²) >= 11 is 0. The molecule has 0 aromatic heterocycles. The molecule has 0 saturated heterocycles. The molecule has 0 spiro atoms. The molecular weight excluding hydrogens is 276 g/mol. The molecule has 1 aromatic rings. The average Bonchev–Trinajstić information content (AvgIpc) is 2.40. The fraction of sp³-hybridized carbons (Fsp3) is 0.611. The highest BCUT2D eigenvalue weighted by Crippen LogP contribution is 2.33. The second-order valence-corrected chi connectivity index (χ2v) is 6.94. The Bertz CT molecular complexity index is 538. The number of aryl methyl sites for hydroxylation is 1. The third-order valence-electron chi connectivity index (χ3n) is 4.38. The lowest BCUT2D eigenvalue weighted by Crippen LogP contribution is -2.51. The minimum absolute atomic E-state index is 0.0293. The second kappa shape index (κ2) is 6.69. The van der Waals surface area contributed by atoms with Gasteiger partial charge in [0.15, 0.2) is 0 Å². The second-order valence-electron chi connectivity index (χ2n) is 6.94. The quantitative estimate of drug-likeness (QED) is 0.892. The number of carbonyl (C=O) groups is 1. The predicted octanol–water partition coefficient (Wildman–Crippen LogP) is 3.63. The molecule has 1 amide bonds. The number of hydrogen-bond donors (Lipinski definition) is 2. The molecule has 1 fully saturated rings. The van der Waals surface area contributed by atoms with Gasteiger partial charge in [-0.1, -0.05) is 12.8 Å². The number of benzene rings is 1. The molecule has 1 aliphatic rings. The molecule has 0 heterocycles. The smallest absolute Gasteiger partial charge is 0.229 e. The number of hydrogen-bond acceptors (Lipinski definition) is 3. The van der Waals surface area contributed by atoms with E-state index in [0.29, 0.717) is 0 Å². The first-order chi connectivity index (χ1) is 10.3. The third-order valence-corrected chi connectivity index (χ3v) is 4.38. The molecule has 22 heavy (non-hydrogen) atoms. The number of nitrogens with one attached hydrogen (secondary N) is 1. The lowest BCUT2D eigenvalue weighted by atomic mass is 9.74. The van der Waals surface area contributed by atoms with E-state index in [1.54, 1.807) is 0 Å². The SMILES string of the molecule is Cc1cc(NC(=O)C2CCCCC2(C)N)ccc1OC(C)C. The zero-order valence-electron chi connectivity index (χ0n) is 14.1. The minimum Gasteiger partial charge on any atom is -0.491 e. The van der Waals surface area contributed by atoms with Crippen LogP contribution in [0.4, 0.5) is 5.69 Å². The van der Waals surface area contributed by atoms with Gasteiger partial charge in [-0.2, -0.15) is 0 Å². The van der Waals surface area contributed by atoms with E-state index in [-0.39, 0.29) is 17.9 Å². The van der Waals surface area contributed by atoms with E-state index in [4.69, 9.17) is 10.5 Å². The van der Waals surface area contributed by atoms with Gasteiger partial charge >= 0.3 is 0 Å². The number of anilines is 1. The van der Waals surface area contributed by atoms with Crippen LogP contribution in [0.2, 0.25) is 0 Å². The summed E-state index contributed by atoms with van der Waals surface area (Å²) in [6, 6.07) is 5.75. The van der Waals surface area contributed by atoms with E-state index in [1.165, 1.54) is 0 Å². The van der Waals surface area contributed by atoms with Crippen molar-refractivity contribution in [1.82, 2.24) is 0 Å². The van der Waals surface area contributed by atoms with Crippen molar-refractivity contribution in [2.75, 3.05) is 5.32 Å². The number of nitrogens with two attached hydrogens (primary N) is 1. The van der Waals surface area contributed by atoms with Gasteiger partial charge < -0.3 is 15.8 Å². The van der Waals surface area contributed by atoms with Gasteiger partial charge in [-0.3, -0.25) is 4.79 Å². The minimum atomic E-state index is -0.405. The summed E-state index contributed by atoms with van der Waals surface area (Å²) in [7, 11) is 0. The number of carbonyl (C=O) groups excluding carboxylic acids is 1. The molecule has 4 nitrogen and oxygen atoms in total. The highest BCUT2D eigenvalue weighted by atomic mass is 16.5. The van der Waals surface area contributed by atoms with Gasteiger partial charge in [0.25, 0.3) is 0 Å². The summed E-state index contributed by atoms with van der Waals surface area (Å²) in [4.78, 5) is 12.5. The zero-order valence-corrected chi connectivity index (χ0v) is 14.1. The van der Waals surface area contributed by atoms with E-state index in [2.05, 4.69) is 5.32 Å². The van der Waals surface area contributed by atoms with Crippen molar-refractivity contribution in [3.63, 3.8) is 0 Å². The number of ether oxygens (including phenoxy) is 1. The summed E-state index contributed by atoms with van der Waals surface area (Å²) in [6.45, 7) is 7.98. The van der Waals surface area contributed by atoms with Crippen molar-refractivity contribution in [2.24, 2.45) is 11.7 Å². The van der Waals surface area contributed by atoms with Crippen molar-refractivity contribution in [2.45, 2.75) is 65.0 Å². The van der Waals surface area contributed by atoms with Gasteiger partial charge in [0.1, 0.15) is 5.75 Å². The summed E-state index contributed by atoms with van der Waals surface area (Å²) in [5, 5.41) is 3.01. The summed E-state index contributed by atoms with van der Waals surface area (Å²) < 4.78 is 5.72. The number of rotatable bonds is 4. The van der Waals surface area contributed by atoms with Crippen LogP contribution >= 0.6 is 0 Å². The maximum Gasteiger partial charge on any atom is 0.229 e. The zero-order chi connectivity index (χ0) is 16.3. The van der Waals surface area contributed by atoms with E-state index in [0.717, 1.165) is 42.7 Å². The van der Waals surface area contributed by atoms with Crippen LogP contribution in [0.5, 0.6) is 5.75 Å². The highest BCUT2D eigenvalue weighted by Gasteiger charge is 2.37. The van der Waals surface area contributed by atoms with Crippen LogP contribution in [0.15, 0.2) is 18.2 Å². The molecule has 122 valence electrons. The fourth-order valence-corrected chi connectivity index (χ4v) is 3.13. The topological polar surface area (TPSA) is 64.4 Å². The summed E-state index contributed by atoms with van der Waals surface area (Å²) in [6.07, 6.45) is 4.10. The molecule has 1 aromatic carbocycles. The maximum atomic E-state index is 12.5. The molecule has 2 unspecified atom stereocenters. The predicted molar refractivity (Wildman–Crippen MR) is 90.1 cm³/mol. The van der Waals surface area contributed by atoms with Gasteiger partial charge in [-0.15, -0.1) is 0 Å². The van der Waals surface area contributed by atoms with Gasteiger partial charge in [-0.25, -0.2) is 0 Å². The van der Waals surface area contributed by atoms with Crippen LogP contribution in [0.3, 0.4) is 0 Å². The Morgan fingerprint density at radius 3 is 2.73 bits per heavy atom. The van der Waals surface area contributed by atoms with Crippen LogP contribution in [0.25, 0.3) is 0 Å². The Hall–Kier alpha value is -1.55. The Morgan fingerprint density at radius 1 is 1.41 bits per heavy atom. The van der Waals surface area contributed by atoms with Crippen molar-refractivity contribution < 1.29 is 9.53 Å². The van der Waals surface area contributed by atoms with E-state index in [1.807, 2.05) is 45.9 Å². The number of amides is 1. The largest absolute Gasteiger partial charge is 0.491 e. The third kappa shape index (κ3) is 4.01. The normalized spacial score (nSPS) is 25.1. The summed E-state index contributed by atoms with van der Waals surface area (Å²) in [5.41, 5.74) is 7.72. The molecule has 3 N–H and O–H groups in total. The first-order valence-electron chi connectivity index (χ1n) is 8.16. The lowest BCUT2D eigenvalue weighted by Gasteiger charge is -2.37. The van der Waals surface area contributed by atoms with Gasteiger partial charge in [-0.05, 0) is 64.3 Å². The van der Waals surface area contributed by atoms with Crippen molar-refractivity contribution in [3.05, 3.63) is 23.8 Å². The maximum absolute atomic E-state index is 12.5. The molecule has 4 heteroatoms. The van der Waals surface area contributed by atoms with E-state index >= 15 is 0 Å². The molecular formula is C18H28N2O2. The van der Waals surface area contributed by atoms with Crippen LogP contribution in [0.1, 0.15) is 52.0 Å². The van der Waals surface area contributed by atoms with Crippen molar-refractivity contribution >= 4 is 11.6 Å². The molecule has 0 bridgehead atoms. The molecule has 1 aliphatic carbocycles. The van der Waals surface area contributed by atoms with Crippen molar-refractivity contribution in [3.8, 4) is 5.75 Å². The van der Waals surface area contributed by atoms with Gasteiger partial charge in [0.2, 0.25) is 5.91 Å². The Labute approximate surface area is 133 Å².